The number of nitro benzene ring substituents is 1. The average Bonchev–Trinajstić information content (AvgIpc) is 2.24. The average molecular weight is 260 g/mol. The minimum Gasteiger partial charge on any atom is -0.493 e. The van der Waals surface area contributed by atoms with E-state index in [1.807, 2.05) is 6.92 Å². The van der Waals surface area contributed by atoms with E-state index < -0.39 is 14.9 Å². The fourth-order valence-electron chi connectivity index (χ4n) is 1.13. The summed E-state index contributed by atoms with van der Waals surface area (Å²) in [5, 5.41) is 15.5. The molecule has 94 valence electrons. The van der Waals surface area contributed by atoms with Gasteiger partial charge in [-0.3, -0.25) is 10.1 Å². The van der Waals surface area contributed by atoms with Crippen LogP contribution in [0.2, 0.25) is 0 Å². The van der Waals surface area contributed by atoms with E-state index in [2.05, 4.69) is 0 Å². The fourth-order valence-corrected chi connectivity index (χ4v) is 1.70. The summed E-state index contributed by atoms with van der Waals surface area (Å²) < 4.78 is 27.4. The number of ether oxygens (including phenoxy) is 1. The zero-order chi connectivity index (χ0) is 13.1. The number of primary sulfonamides is 1. The maximum Gasteiger partial charge on any atom is 0.274 e. The second-order valence-corrected chi connectivity index (χ2v) is 4.87. The van der Waals surface area contributed by atoms with Gasteiger partial charge in [0.1, 0.15) is 5.75 Å². The van der Waals surface area contributed by atoms with Crippen molar-refractivity contribution in [3.63, 3.8) is 0 Å². The van der Waals surface area contributed by atoms with E-state index >= 15 is 0 Å². The lowest BCUT2D eigenvalue weighted by Crippen LogP contribution is -2.12. The van der Waals surface area contributed by atoms with Crippen LogP contribution < -0.4 is 9.88 Å². The molecule has 0 aliphatic carbocycles. The van der Waals surface area contributed by atoms with Crippen molar-refractivity contribution in [2.75, 3.05) is 6.61 Å². The molecule has 0 fully saturated rings. The summed E-state index contributed by atoms with van der Waals surface area (Å²) in [5.41, 5.74) is -0.373. The SMILES string of the molecule is CCCOc1cc([N+](=O)[O-])cc(S(N)(=O)=O)c1. The maximum absolute atomic E-state index is 11.1. The van der Waals surface area contributed by atoms with Gasteiger partial charge < -0.3 is 4.74 Å². The number of nitro groups is 1. The Hall–Kier alpha value is -1.67. The molecule has 0 saturated carbocycles. The molecule has 2 N–H and O–H groups in total. The summed E-state index contributed by atoms with van der Waals surface area (Å²) in [6, 6.07) is 3.22. The van der Waals surface area contributed by atoms with E-state index in [1.54, 1.807) is 0 Å². The topological polar surface area (TPSA) is 113 Å². The molecule has 8 heteroatoms. The van der Waals surface area contributed by atoms with Gasteiger partial charge >= 0.3 is 0 Å². The van der Waals surface area contributed by atoms with Crippen molar-refractivity contribution in [3.05, 3.63) is 28.3 Å². The molecular weight excluding hydrogens is 248 g/mol. The van der Waals surface area contributed by atoms with Crippen LogP contribution in [0.3, 0.4) is 0 Å². The Morgan fingerprint density at radius 3 is 2.53 bits per heavy atom. The van der Waals surface area contributed by atoms with Crippen LogP contribution in [0.1, 0.15) is 13.3 Å². The third-order valence-electron chi connectivity index (χ3n) is 1.88. The number of nitrogens with two attached hydrogens (primary N) is 1. The van der Waals surface area contributed by atoms with E-state index in [1.165, 1.54) is 0 Å². The van der Waals surface area contributed by atoms with Gasteiger partial charge in [-0.2, -0.15) is 0 Å². The molecule has 17 heavy (non-hydrogen) atoms. The van der Waals surface area contributed by atoms with Crippen molar-refractivity contribution < 1.29 is 18.1 Å². The molecule has 0 bridgehead atoms. The summed E-state index contributed by atoms with van der Waals surface area (Å²) >= 11 is 0. The first-order valence-electron chi connectivity index (χ1n) is 4.79. The quantitative estimate of drug-likeness (QED) is 0.627. The largest absolute Gasteiger partial charge is 0.493 e. The van der Waals surface area contributed by atoms with Crippen molar-refractivity contribution in [2.45, 2.75) is 18.2 Å². The second-order valence-electron chi connectivity index (χ2n) is 3.31. The Balaban J connectivity index is 3.24. The van der Waals surface area contributed by atoms with Crippen molar-refractivity contribution in [1.82, 2.24) is 0 Å². The molecule has 0 aliphatic rings. The van der Waals surface area contributed by atoms with Crippen molar-refractivity contribution in [1.29, 1.82) is 0 Å². The highest BCUT2D eigenvalue weighted by Crippen LogP contribution is 2.25. The van der Waals surface area contributed by atoms with E-state index in [0.717, 1.165) is 18.2 Å². The zero-order valence-electron chi connectivity index (χ0n) is 9.12. The normalized spacial score (nSPS) is 11.2. The Bertz CT molecular complexity index is 526. The molecule has 0 saturated heterocycles. The molecule has 0 unspecified atom stereocenters. The van der Waals surface area contributed by atoms with Crippen LogP contribution in [0.5, 0.6) is 5.75 Å². The van der Waals surface area contributed by atoms with E-state index in [-0.39, 0.29) is 16.3 Å². The molecule has 0 aliphatic heterocycles. The van der Waals surface area contributed by atoms with E-state index in [0.29, 0.717) is 13.0 Å². The number of benzene rings is 1. The first-order chi connectivity index (χ1) is 7.84. The number of hydrogen-bond acceptors (Lipinski definition) is 5. The van der Waals surface area contributed by atoms with Gasteiger partial charge in [-0.25, -0.2) is 13.6 Å². The molecule has 1 rings (SSSR count). The smallest absolute Gasteiger partial charge is 0.274 e. The Kier molecular flexibility index (Phi) is 4.02. The summed E-state index contributed by atoms with van der Waals surface area (Å²) in [6.07, 6.45) is 0.702. The molecular formula is C9H12N2O5S. The molecule has 7 nitrogen and oxygen atoms in total. The highest BCUT2D eigenvalue weighted by molar-refractivity contribution is 7.89. The van der Waals surface area contributed by atoms with E-state index in [9.17, 15) is 18.5 Å². The molecule has 1 aromatic carbocycles. The summed E-state index contributed by atoms with van der Waals surface area (Å²) in [6.45, 7) is 2.20. The maximum atomic E-state index is 11.1. The molecule has 0 amide bonds. The standard InChI is InChI=1S/C9H12N2O5S/c1-2-3-16-8-4-7(11(12)13)5-9(6-8)17(10,14)15/h4-6H,2-3H2,1H3,(H2,10,14,15). The van der Waals surface area contributed by atoms with Crippen LogP contribution in [0.4, 0.5) is 5.69 Å². The number of non-ortho nitro benzene ring substituents is 1. The zero-order valence-corrected chi connectivity index (χ0v) is 9.94. The molecule has 0 aromatic heterocycles. The van der Waals surface area contributed by atoms with Crippen molar-refractivity contribution >= 4 is 15.7 Å². The molecule has 0 spiro atoms. The first-order valence-corrected chi connectivity index (χ1v) is 6.34. The lowest BCUT2D eigenvalue weighted by Gasteiger charge is -2.06. The number of sulfonamides is 1. The highest BCUT2D eigenvalue weighted by Gasteiger charge is 2.16. The van der Waals surface area contributed by atoms with Gasteiger partial charge in [-0.1, -0.05) is 6.92 Å². The lowest BCUT2D eigenvalue weighted by molar-refractivity contribution is -0.385. The van der Waals surface area contributed by atoms with Gasteiger partial charge in [0.25, 0.3) is 5.69 Å². The predicted octanol–water partition coefficient (Wildman–Crippen LogP) is 1.03. The molecule has 0 radical (unpaired) electrons. The Labute approximate surface area is 98.4 Å². The van der Waals surface area contributed by atoms with Crippen LogP contribution in [-0.4, -0.2) is 19.9 Å². The molecule has 1 aromatic rings. The van der Waals surface area contributed by atoms with Crippen molar-refractivity contribution in [3.8, 4) is 5.75 Å². The molecule has 0 heterocycles. The minimum atomic E-state index is -3.99. The van der Waals surface area contributed by atoms with Gasteiger partial charge in [0.05, 0.1) is 22.5 Å². The van der Waals surface area contributed by atoms with Gasteiger partial charge in [0, 0.05) is 12.1 Å². The minimum absolute atomic E-state index is 0.116. The number of rotatable bonds is 5. The highest BCUT2D eigenvalue weighted by atomic mass is 32.2. The fraction of sp³-hybridized carbons (Fsp3) is 0.333. The summed E-state index contributed by atoms with van der Waals surface area (Å²) in [4.78, 5) is 9.58. The van der Waals surface area contributed by atoms with Gasteiger partial charge in [-0.05, 0) is 6.42 Å². The van der Waals surface area contributed by atoms with Crippen LogP contribution in [0.25, 0.3) is 0 Å². The Morgan fingerprint density at radius 2 is 2.06 bits per heavy atom. The van der Waals surface area contributed by atoms with Crippen LogP contribution in [0.15, 0.2) is 23.1 Å². The van der Waals surface area contributed by atoms with Crippen LogP contribution >= 0.6 is 0 Å². The number of hydrogen-bond donors (Lipinski definition) is 1. The van der Waals surface area contributed by atoms with E-state index in [4.69, 9.17) is 9.88 Å². The number of nitrogens with zero attached hydrogens (tertiary/aromatic N) is 1. The van der Waals surface area contributed by atoms with Gasteiger partial charge in [0.15, 0.2) is 0 Å². The van der Waals surface area contributed by atoms with Crippen LogP contribution in [-0.2, 0) is 10.0 Å². The van der Waals surface area contributed by atoms with Gasteiger partial charge in [-0.15, -0.1) is 0 Å². The molecule has 0 atom stereocenters. The third-order valence-corrected chi connectivity index (χ3v) is 2.77. The first kappa shape index (κ1) is 13.4. The second kappa shape index (κ2) is 5.11. The third kappa shape index (κ3) is 3.68. The lowest BCUT2D eigenvalue weighted by atomic mass is 10.3. The van der Waals surface area contributed by atoms with Gasteiger partial charge in [0.2, 0.25) is 10.0 Å². The van der Waals surface area contributed by atoms with Crippen molar-refractivity contribution in [2.24, 2.45) is 5.14 Å². The summed E-state index contributed by atoms with van der Waals surface area (Å²) in [5.74, 6) is 0.116. The monoisotopic (exact) mass is 260 g/mol. The Morgan fingerprint density at radius 1 is 1.41 bits per heavy atom. The summed E-state index contributed by atoms with van der Waals surface area (Å²) in [7, 11) is -3.99. The predicted molar refractivity (Wildman–Crippen MR) is 60.3 cm³/mol. The van der Waals surface area contributed by atoms with Crippen LogP contribution in [0, 0.1) is 10.1 Å².